The molecule has 2 atom stereocenters. The molecule has 0 saturated carbocycles. The summed E-state index contributed by atoms with van der Waals surface area (Å²) in [6.45, 7) is 4.68. The van der Waals surface area contributed by atoms with Gasteiger partial charge in [-0.25, -0.2) is 0 Å². The highest BCUT2D eigenvalue weighted by molar-refractivity contribution is 5.32. The summed E-state index contributed by atoms with van der Waals surface area (Å²) in [5, 5.41) is 3.75. The standard InChI is InChI=1S/C19H21NO/c1-2-18-17(13-14-21-18)20-19(15-9-5-3-6-10-15)16-11-7-4-8-12-16/h2-12,17-20H,1,13-14H2/t17-,18+/m1/s1. The lowest BCUT2D eigenvalue weighted by Crippen LogP contribution is -2.38. The van der Waals surface area contributed by atoms with Crippen LogP contribution in [-0.2, 0) is 4.74 Å². The Balaban J connectivity index is 1.88. The molecule has 2 nitrogen and oxygen atoms in total. The van der Waals surface area contributed by atoms with Crippen molar-refractivity contribution in [3.63, 3.8) is 0 Å². The SMILES string of the molecule is C=C[C@@H]1OCC[C@H]1NC(c1ccccc1)c1ccccc1. The van der Waals surface area contributed by atoms with E-state index in [0.717, 1.165) is 13.0 Å². The maximum Gasteiger partial charge on any atom is 0.0907 e. The van der Waals surface area contributed by atoms with Gasteiger partial charge in [0.1, 0.15) is 0 Å². The fourth-order valence-corrected chi connectivity index (χ4v) is 2.91. The van der Waals surface area contributed by atoms with Crippen molar-refractivity contribution >= 4 is 0 Å². The molecule has 2 aromatic rings. The van der Waals surface area contributed by atoms with Crippen LogP contribution in [0.5, 0.6) is 0 Å². The molecule has 1 heterocycles. The van der Waals surface area contributed by atoms with Gasteiger partial charge in [0.15, 0.2) is 0 Å². The smallest absolute Gasteiger partial charge is 0.0907 e. The van der Waals surface area contributed by atoms with E-state index in [9.17, 15) is 0 Å². The molecule has 2 aromatic carbocycles. The third-order valence-corrected chi connectivity index (χ3v) is 4.01. The van der Waals surface area contributed by atoms with Crippen LogP contribution in [0.15, 0.2) is 73.3 Å². The van der Waals surface area contributed by atoms with Gasteiger partial charge in [-0.15, -0.1) is 6.58 Å². The summed E-state index contributed by atoms with van der Waals surface area (Å²) >= 11 is 0. The van der Waals surface area contributed by atoms with Gasteiger partial charge < -0.3 is 10.1 Å². The molecule has 0 spiro atoms. The largest absolute Gasteiger partial charge is 0.372 e. The molecule has 1 aliphatic rings. The number of benzene rings is 2. The van der Waals surface area contributed by atoms with Crippen molar-refractivity contribution in [2.24, 2.45) is 0 Å². The molecule has 2 heteroatoms. The van der Waals surface area contributed by atoms with Crippen LogP contribution in [0.4, 0.5) is 0 Å². The van der Waals surface area contributed by atoms with Gasteiger partial charge in [0, 0.05) is 12.6 Å². The zero-order valence-electron chi connectivity index (χ0n) is 12.1. The van der Waals surface area contributed by atoms with Gasteiger partial charge in [-0.1, -0.05) is 66.7 Å². The Bertz CT molecular complexity index is 527. The molecule has 0 bridgehead atoms. The third kappa shape index (κ3) is 3.23. The number of ether oxygens (including phenoxy) is 1. The average molecular weight is 279 g/mol. The lowest BCUT2D eigenvalue weighted by atomic mass is 9.96. The quantitative estimate of drug-likeness (QED) is 0.842. The number of nitrogens with one attached hydrogen (secondary N) is 1. The Kier molecular flexibility index (Phi) is 4.49. The topological polar surface area (TPSA) is 21.3 Å². The molecule has 21 heavy (non-hydrogen) atoms. The van der Waals surface area contributed by atoms with Crippen LogP contribution < -0.4 is 5.32 Å². The Morgan fingerprint density at radius 2 is 1.57 bits per heavy atom. The summed E-state index contributed by atoms with van der Waals surface area (Å²) in [5.74, 6) is 0. The summed E-state index contributed by atoms with van der Waals surface area (Å²) in [5.41, 5.74) is 2.55. The maximum atomic E-state index is 5.71. The second-order valence-corrected chi connectivity index (χ2v) is 5.39. The molecular weight excluding hydrogens is 258 g/mol. The van der Waals surface area contributed by atoms with Crippen LogP contribution in [0.25, 0.3) is 0 Å². The van der Waals surface area contributed by atoms with Gasteiger partial charge in [-0.3, -0.25) is 0 Å². The second kappa shape index (κ2) is 6.70. The van der Waals surface area contributed by atoms with Crippen molar-refractivity contribution in [2.45, 2.75) is 24.6 Å². The molecule has 0 radical (unpaired) electrons. The van der Waals surface area contributed by atoms with Gasteiger partial charge >= 0.3 is 0 Å². The summed E-state index contributed by atoms with van der Waals surface area (Å²) in [6.07, 6.45) is 3.02. The van der Waals surface area contributed by atoms with E-state index in [-0.39, 0.29) is 12.1 Å². The fourth-order valence-electron chi connectivity index (χ4n) is 2.91. The van der Waals surface area contributed by atoms with Crippen molar-refractivity contribution in [3.05, 3.63) is 84.4 Å². The predicted molar refractivity (Wildman–Crippen MR) is 86.2 cm³/mol. The second-order valence-electron chi connectivity index (χ2n) is 5.39. The van der Waals surface area contributed by atoms with Crippen molar-refractivity contribution < 1.29 is 4.74 Å². The first-order chi connectivity index (χ1) is 10.4. The Hall–Kier alpha value is -1.90. The van der Waals surface area contributed by atoms with Gasteiger partial charge in [0.25, 0.3) is 0 Å². The van der Waals surface area contributed by atoms with Gasteiger partial charge in [-0.2, -0.15) is 0 Å². The summed E-state index contributed by atoms with van der Waals surface area (Å²) in [7, 11) is 0. The molecule has 1 N–H and O–H groups in total. The zero-order valence-corrected chi connectivity index (χ0v) is 12.1. The number of hydrogen-bond donors (Lipinski definition) is 1. The molecule has 1 fully saturated rings. The van der Waals surface area contributed by atoms with Gasteiger partial charge in [0.2, 0.25) is 0 Å². The highest BCUT2D eigenvalue weighted by Gasteiger charge is 2.28. The van der Waals surface area contributed by atoms with E-state index >= 15 is 0 Å². The minimum Gasteiger partial charge on any atom is -0.372 e. The van der Waals surface area contributed by atoms with Crippen LogP contribution >= 0.6 is 0 Å². The lowest BCUT2D eigenvalue weighted by molar-refractivity contribution is 0.133. The highest BCUT2D eigenvalue weighted by Crippen LogP contribution is 2.25. The van der Waals surface area contributed by atoms with Crippen molar-refractivity contribution in [2.75, 3.05) is 6.61 Å². The van der Waals surface area contributed by atoms with E-state index in [2.05, 4.69) is 72.6 Å². The van der Waals surface area contributed by atoms with Crippen LogP contribution in [0.2, 0.25) is 0 Å². The molecule has 3 rings (SSSR count). The Labute approximate surface area is 126 Å². The van der Waals surface area contributed by atoms with Crippen LogP contribution in [0.1, 0.15) is 23.6 Å². The fraction of sp³-hybridized carbons (Fsp3) is 0.263. The first-order valence-electron chi connectivity index (χ1n) is 7.48. The molecule has 1 aliphatic heterocycles. The molecule has 0 aliphatic carbocycles. The lowest BCUT2D eigenvalue weighted by Gasteiger charge is -2.26. The number of rotatable bonds is 5. The van der Waals surface area contributed by atoms with E-state index in [1.165, 1.54) is 11.1 Å². The first-order valence-corrected chi connectivity index (χ1v) is 7.48. The van der Waals surface area contributed by atoms with Crippen molar-refractivity contribution in [3.8, 4) is 0 Å². The average Bonchev–Trinajstić information content (AvgIpc) is 3.01. The zero-order chi connectivity index (χ0) is 14.5. The Morgan fingerprint density at radius 3 is 2.10 bits per heavy atom. The molecular formula is C19H21NO. The summed E-state index contributed by atoms with van der Waals surface area (Å²) < 4.78 is 5.71. The minimum absolute atomic E-state index is 0.0972. The maximum absolute atomic E-state index is 5.71. The van der Waals surface area contributed by atoms with Crippen molar-refractivity contribution in [1.29, 1.82) is 0 Å². The van der Waals surface area contributed by atoms with E-state index in [0.29, 0.717) is 6.04 Å². The minimum atomic E-state index is 0.0972. The predicted octanol–water partition coefficient (Wildman–Crippen LogP) is 3.71. The summed E-state index contributed by atoms with van der Waals surface area (Å²) in [4.78, 5) is 0. The highest BCUT2D eigenvalue weighted by atomic mass is 16.5. The van der Waals surface area contributed by atoms with Gasteiger partial charge in [-0.05, 0) is 17.5 Å². The van der Waals surface area contributed by atoms with E-state index in [1.54, 1.807) is 0 Å². The third-order valence-electron chi connectivity index (χ3n) is 4.01. The van der Waals surface area contributed by atoms with Gasteiger partial charge in [0.05, 0.1) is 12.1 Å². The Morgan fingerprint density at radius 1 is 1.00 bits per heavy atom. The first kappa shape index (κ1) is 14.1. The van der Waals surface area contributed by atoms with E-state index in [1.807, 2.05) is 6.08 Å². The molecule has 0 unspecified atom stereocenters. The molecule has 0 amide bonds. The van der Waals surface area contributed by atoms with E-state index in [4.69, 9.17) is 4.74 Å². The number of hydrogen-bond acceptors (Lipinski definition) is 2. The molecule has 0 aromatic heterocycles. The molecule has 1 saturated heterocycles. The van der Waals surface area contributed by atoms with Crippen LogP contribution in [0, 0.1) is 0 Å². The molecule has 108 valence electrons. The van der Waals surface area contributed by atoms with Crippen LogP contribution in [-0.4, -0.2) is 18.8 Å². The normalized spacial score (nSPS) is 21.6. The van der Waals surface area contributed by atoms with E-state index < -0.39 is 0 Å². The van der Waals surface area contributed by atoms with Crippen molar-refractivity contribution in [1.82, 2.24) is 5.32 Å². The van der Waals surface area contributed by atoms with Crippen LogP contribution in [0.3, 0.4) is 0 Å². The monoisotopic (exact) mass is 279 g/mol. The summed E-state index contributed by atoms with van der Waals surface area (Å²) in [6, 6.07) is 21.6.